The van der Waals surface area contributed by atoms with Crippen molar-refractivity contribution >= 4 is 6.29 Å². The molecule has 0 fully saturated rings. The summed E-state index contributed by atoms with van der Waals surface area (Å²) in [6, 6.07) is 16.2. The molecule has 0 heterocycles. The predicted octanol–water partition coefficient (Wildman–Crippen LogP) is 4.12. The van der Waals surface area contributed by atoms with Crippen LogP contribution in [0.3, 0.4) is 0 Å². The third-order valence-corrected chi connectivity index (χ3v) is 2.82. The SMILES string of the molecule is CCCc1cccc(-c2cccc(C=O)c2)c1. The number of hydrogen-bond acceptors (Lipinski definition) is 1. The average Bonchev–Trinajstić information content (AvgIpc) is 2.40. The van der Waals surface area contributed by atoms with E-state index in [0.717, 1.165) is 30.3 Å². The highest BCUT2D eigenvalue weighted by Gasteiger charge is 2.00. The summed E-state index contributed by atoms with van der Waals surface area (Å²) in [5.74, 6) is 0. The minimum Gasteiger partial charge on any atom is -0.298 e. The van der Waals surface area contributed by atoms with E-state index in [4.69, 9.17) is 0 Å². The van der Waals surface area contributed by atoms with Gasteiger partial charge in [-0.2, -0.15) is 0 Å². The van der Waals surface area contributed by atoms with Gasteiger partial charge in [0, 0.05) is 5.56 Å². The molecule has 0 atom stereocenters. The van der Waals surface area contributed by atoms with Crippen LogP contribution >= 0.6 is 0 Å². The first-order valence-corrected chi connectivity index (χ1v) is 5.98. The van der Waals surface area contributed by atoms with E-state index < -0.39 is 0 Å². The maximum atomic E-state index is 10.8. The maximum Gasteiger partial charge on any atom is 0.150 e. The van der Waals surface area contributed by atoms with Crippen molar-refractivity contribution in [2.75, 3.05) is 0 Å². The van der Waals surface area contributed by atoms with Crippen LogP contribution in [0.15, 0.2) is 48.5 Å². The van der Waals surface area contributed by atoms with Crippen LogP contribution in [-0.2, 0) is 6.42 Å². The first-order valence-electron chi connectivity index (χ1n) is 5.98. The lowest BCUT2D eigenvalue weighted by atomic mass is 10.00. The summed E-state index contributed by atoms with van der Waals surface area (Å²) < 4.78 is 0. The summed E-state index contributed by atoms with van der Waals surface area (Å²) in [4.78, 5) is 10.8. The van der Waals surface area contributed by atoms with Gasteiger partial charge in [-0.3, -0.25) is 4.79 Å². The third-order valence-electron chi connectivity index (χ3n) is 2.82. The van der Waals surface area contributed by atoms with E-state index in [2.05, 4.69) is 31.2 Å². The predicted molar refractivity (Wildman–Crippen MR) is 71.3 cm³/mol. The van der Waals surface area contributed by atoms with E-state index >= 15 is 0 Å². The second-order valence-corrected chi connectivity index (χ2v) is 4.19. The maximum absolute atomic E-state index is 10.8. The number of rotatable bonds is 4. The smallest absolute Gasteiger partial charge is 0.150 e. The summed E-state index contributed by atoms with van der Waals surface area (Å²) in [5.41, 5.74) is 4.36. The van der Waals surface area contributed by atoms with Crippen molar-refractivity contribution in [3.8, 4) is 11.1 Å². The fraction of sp³-hybridized carbons (Fsp3) is 0.188. The molecule has 0 saturated heterocycles. The number of benzene rings is 2. The molecule has 0 N–H and O–H groups in total. The number of aryl methyl sites for hydroxylation is 1. The second-order valence-electron chi connectivity index (χ2n) is 4.19. The molecule has 0 saturated carbocycles. The molecule has 2 aromatic rings. The Morgan fingerprint density at radius 2 is 1.71 bits per heavy atom. The summed E-state index contributed by atoms with van der Waals surface area (Å²) in [5, 5.41) is 0. The van der Waals surface area contributed by atoms with Crippen LogP contribution < -0.4 is 0 Å². The number of carbonyl (C=O) groups is 1. The molecular weight excluding hydrogens is 208 g/mol. The quantitative estimate of drug-likeness (QED) is 0.714. The lowest BCUT2D eigenvalue weighted by Crippen LogP contribution is -1.86. The van der Waals surface area contributed by atoms with E-state index in [1.165, 1.54) is 11.1 Å². The zero-order chi connectivity index (χ0) is 12.1. The normalized spacial score (nSPS) is 10.2. The minimum atomic E-state index is 0.725. The molecule has 2 aromatic carbocycles. The van der Waals surface area contributed by atoms with Crippen molar-refractivity contribution in [2.45, 2.75) is 19.8 Å². The highest BCUT2D eigenvalue weighted by atomic mass is 16.1. The van der Waals surface area contributed by atoms with E-state index in [1.807, 2.05) is 24.3 Å². The first-order chi connectivity index (χ1) is 8.33. The molecule has 0 amide bonds. The van der Waals surface area contributed by atoms with Gasteiger partial charge in [-0.05, 0) is 29.2 Å². The van der Waals surface area contributed by atoms with Crippen LogP contribution in [0.4, 0.5) is 0 Å². The standard InChI is InChI=1S/C16H16O/c1-2-5-13-6-3-8-15(10-13)16-9-4-7-14(11-16)12-17/h3-4,6-12H,2,5H2,1H3. The van der Waals surface area contributed by atoms with E-state index in [-0.39, 0.29) is 0 Å². The van der Waals surface area contributed by atoms with Crippen molar-refractivity contribution in [3.63, 3.8) is 0 Å². The van der Waals surface area contributed by atoms with Crippen molar-refractivity contribution in [2.24, 2.45) is 0 Å². The first kappa shape index (κ1) is 11.6. The summed E-state index contributed by atoms with van der Waals surface area (Å²) in [7, 11) is 0. The molecule has 0 spiro atoms. The Balaban J connectivity index is 2.37. The zero-order valence-corrected chi connectivity index (χ0v) is 10.0. The Morgan fingerprint density at radius 1 is 1.00 bits per heavy atom. The monoisotopic (exact) mass is 224 g/mol. The van der Waals surface area contributed by atoms with Crippen LogP contribution in [0, 0.1) is 0 Å². The molecule has 2 rings (SSSR count). The molecule has 0 bridgehead atoms. The van der Waals surface area contributed by atoms with Gasteiger partial charge < -0.3 is 0 Å². The zero-order valence-electron chi connectivity index (χ0n) is 10.0. The van der Waals surface area contributed by atoms with Gasteiger partial charge in [0.15, 0.2) is 0 Å². The summed E-state index contributed by atoms with van der Waals surface area (Å²) in [6.07, 6.45) is 3.14. The summed E-state index contributed by atoms with van der Waals surface area (Å²) >= 11 is 0. The van der Waals surface area contributed by atoms with Gasteiger partial charge in [-0.1, -0.05) is 55.8 Å². The summed E-state index contributed by atoms with van der Waals surface area (Å²) in [6.45, 7) is 2.18. The highest BCUT2D eigenvalue weighted by molar-refractivity contribution is 5.78. The van der Waals surface area contributed by atoms with Gasteiger partial charge in [-0.25, -0.2) is 0 Å². The van der Waals surface area contributed by atoms with Crippen LogP contribution in [0.5, 0.6) is 0 Å². The lowest BCUT2D eigenvalue weighted by Gasteiger charge is -2.05. The van der Waals surface area contributed by atoms with Crippen molar-refractivity contribution in [1.29, 1.82) is 0 Å². The van der Waals surface area contributed by atoms with E-state index in [0.29, 0.717) is 0 Å². The average molecular weight is 224 g/mol. The van der Waals surface area contributed by atoms with Gasteiger partial charge >= 0.3 is 0 Å². The molecule has 0 radical (unpaired) electrons. The molecule has 86 valence electrons. The van der Waals surface area contributed by atoms with Crippen LogP contribution in [0.2, 0.25) is 0 Å². The van der Waals surface area contributed by atoms with Crippen LogP contribution in [-0.4, -0.2) is 6.29 Å². The van der Waals surface area contributed by atoms with Gasteiger partial charge in [0.25, 0.3) is 0 Å². The molecule has 0 aliphatic carbocycles. The fourth-order valence-electron chi connectivity index (χ4n) is 1.99. The van der Waals surface area contributed by atoms with E-state index in [9.17, 15) is 4.79 Å². The Kier molecular flexibility index (Phi) is 3.71. The molecule has 1 heteroatoms. The number of aldehydes is 1. The third kappa shape index (κ3) is 2.82. The van der Waals surface area contributed by atoms with Crippen molar-refractivity contribution in [1.82, 2.24) is 0 Å². The van der Waals surface area contributed by atoms with Crippen molar-refractivity contribution in [3.05, 3.63) is 59.7 Å². The highest BCUT2D eigenvalue weighted by Crippen LogP contribution is 2.21. The number of hydrogen-bond donors (Lipinski definition) is 0. The Morgan fingerprint density at radius 3 is 2.41 bits per heavy atom. The lowest BCUT2D eigenvalue weighted by molar-refractivity contribution is 0.112. The van der Waals surface area contributed by atoms with Crippen LogP contribution in [0.25, 0.3) is 11.1 Å². The fourth-order valence-corrected chi connectivity index (χ4v) is 1.99. The largest absolute Gasteiger partial charge is 0.298 e. The Labute approximate surface area is 102 Å². The van der Waals surface area contributed by atoms with E-state index in [1.54, 1.807) is 0 Å². The number of carbonyl (C=O) groups excluding carboxylic acids is 1. The molecule has 0 aliphatic heterocycles. The van der Waals surface area contributed by atoms with Crippen LogP contribution in [0.1, 0.15) is 29.3 Å². The molecule has 0 aliphatic rings. The minimum absolute atomic E-state index is 0.725. The molecule has 1 nitrogen and oxygen atoms in total. The van der Waals surface area contributed by atoms with Gasteiger partial charge in [0.2, 0.25) is 0 Å². The van der Waals surface area contributed by atoms with Gasteiger partial charge in [0.1, 0.15) is 6.29 Å². The molecule has 0 unspecified atom stereocenters. The van der Waals surface area contributed by atoms with Gasteiger partial charge in [0.05, 0.1) is 0 Å². The molecule has 17 heavy (non-hydrogen) atoms. The molecular formula is C16H16O. The van der Waals surface area contributed by atoms with Gasteiger partial charge in [-0.15, -0.1) is 0 Å². The van der Waals surface area contributed by atoms with Crippen molar-refractivity contribution < 1.29 is 4.79 Å². The molecule has 0 aromatic heterocycles. The topological polar surface area (TPSA) is 17.1 Å². The second kappa shape index (κ2) is 5.44. The Hall–Kier alpha value is -1.89. The Bertz CT molecular complexity index is 514.